The fraction of sp³-hybridized carbons (Fsp3) is 0.111. The number of carbonyl (C=O) groups excluding carboxylic acids is 2. The van der Waals surface area contributed by atoms with Gasteiger partial charge >= 0.3 is 0 Å². The molecule has 0 fully saturated rings. The zero-order valence-corrected chi connectivity index (χ0v) is 15.9. The highest BCUT2D eigenvalue weighted by Gasteiger charge is 2.18. The van der Waals surface area contributed by atoms with Crippen molar-refractivity contribution >= 4 is 49.8 Å². The number of hydrogen-bond donors (Lipinski definition) is 2. The zero-order chi connectivity index (χ0) is 17.5. The minimum Gasteiger partial charge on any atom is -0.368 e. The van der Waals surface area contributed by atoms with Crippen molar-refractivity contribution in [2.75, 3.05) is 0 Å². The van der Waals surface area contributed by atoms with Crippen LogP contribution < -0.4 is 11.1 Å². The molecule has 0 saturated carbocycles. The highest BCUT2D eigenvalue weighted by Crippen LogP contribution is 2.20. The SMILES string of the molecule is NC(=O)[C@@H](C/C=C/c1ccccc1)NC(=O)c1cc(Br)cc(Br)c1. The van der Waals surface area contributed by atoms with E-state index in [1.54, 1.807) is 12.1 Å². The van der Waals surface area contributed by atoms with Gasteiger partial charge in [-0.3, -0.25) is 9.59 Å². The third-order valence-corrected chi connectivity index (χ3v) is 4.17. The van der Waals surface area contributed by atoms with Gasteiger partial charge in [0.05, 0.1) is 0 Å². The van der Waals surface area contributed by atoms with E-state index < -0.39 is 11.9 Å². The third-order valence-electron chi connectivity index (χ3n) is 3.26. The summed E-state index contributed by atoms with van der Waals surface area (Å²) in [6.07, 6.45) is 4.03. The minimum absolute atomic E-state index is 0.325. The molecule has 3 N–H and O–H groups in total. The quantitative estimate of drug-likeness (QED) is 0.698. The summed E-state index contributed by atoms with van der Waals surface area (Å²) in [4.78, 5) is 23.9. The molecule has 0 spiro atoms. The fourth-order valence-corrected chi connectivity index (χ4v) is 3.37. The maximum absolute atomic E-state index is 12.3. The summed E-state index contributed by atoms with van der Waals surface area (Å²) in [6, 6.07) is 14.1. The van der Waals surface area contributed by atoms with Crippen LogP contribution in [0.5, 0.6) is 0 Å². The first-order valence-electron chi connectivity index (χ1n) is 7.23. The molecule has 0 aliphatic heterocycles. The molecule has 0 saturated heterocycles. The molecule has 4 nitrogen and oxygen atoms in total. The Bertz CT molecular complexity index is 741. The van der Waals surface area contributed by atoms with Crippen LogP contribution >= 0.6 is 31.9 Å². The molecule has 0 bridgehead atoms. The molecule has 2 aromatic carbocycles. The number of hydrogen-bond acceptors (Lipinski definition) is 2. The summed E-state index contributed by atoms with van der Waals surface area (Å²) in [6.45, 7) is 0. The maximum Gasteiger partial charge on any atom is 0.252 e. The minimum atomic E-state index is -0.768. The van der Waals surface area contributed by atoms with Crippen molar-refractivity contribution in [3.63, 3.8) is 0 Å². The first-order chi connectivity index (χ1) is 11.5. The Morgan fingerprint density at radius 1 is 1.08 bits per heavy atom. The van der Waals surface area contributed by atoms with Gasteiger partial charge in [0.15, 0.2) is 0 Å². The van der Waals surface area contributed by atoms with E-state index in [2.05, 4.69) is 37.2 Å². The number of nitrogens with one attached hydrogen (secondary N) is 1. The normalized spacial score (nSPS) is 12.1. The van der Waals surface area contributed by atoms with E-state index in [4.69, 9.17) is 5.73 Å². The molecule has 2 rings (SSSR count). The van der Waals surface area contributed by atoms with Gasteiger partial charge in [-0.15, -0.1) is 0 Å². The Morgan fingerprint density at radius 2 is 1.71 bits per heavy atom. The molecule has 0 aromatic heterocycles. The zero-order valence-electron chi connectivity index (χ0n) is 12.7. The molecule has 0 unspecified atom stereocenters. The van der Waals surface area contributed by atoms with E-state index in [1.165, 1.54) is 0 Å². The van der Waals surface area contributed by atoms with Gasteiger partial charge in [0.1, 0.15) is 6.04 Å². The monoisotopic (exact) mass is 450 g/mol. The molecule has 2 amide bonds. The second-order valence-corrected chi connectivity index (χ2v) is 6.97. The third kappa shape index (κ3) is 5.62. The van der Waals surface area contributed by atoms with E-state index in [1.807, 2.05) is 48.6 Å². The van der Waals surface area contributed by atoms with Crippen LogP contribution in [0.3, 0.4) is 0 Å². The summed E-state index contributed by atoms with van der Waals surface area (Å²) < 4.78 is 1.53. The number of nitrogens with two attached hydrogens (primary N) is 1. The lowest BCUT2D eigenvalue weighted by molar-refractivity contribution is -0.119. The molecule has 6 heteroatoms. The molecule has 0 heterocycles. The highest BCUT2D eigenvalue weighted by molar-refractivity contribution is 9.11. The van der Waals surface area contributed by atoms with Crippen molar-refractivity contribution in [1.29, 1.82) is 0 Å². The van der Waals surface area contributed by atoms with Crippen molar-refractivity contribution < 1.29 is 9.59 Å². The van der Waals surface area contributed by atoms with Crippen LogP contribution in [0.1, 0.15) is 22.3 Å². The number of carbonyl (C=O) groups is 2. The molecular weight excluding hydrogens is 436 g/mol. The van der Waals surface area contributed by atoms with Crippen molar-refractivity contribution in [1.82, 2.24) is 5.32 Å². The Kier molecular flexibility index (Phi) is 6.75. The van der Waals surface area contributed by atoms with Crippen molar-refractivity contribution in [2.24, 2.45) is 5.73 Å². The molecule has 124 valence electrons. The van der Waals surface area contributed by atoms with Gasteiger partial charge in [-0.1, -0.05) is 74.3 Å². The van der Waals surface area contributed by atoms with Crippen molar-refractivity contribution in [3.8, 4) is 0 Å². The van der Waals surface area contributed by atoms with Crippen LogP contribution in [0.2, 0.25) is 0 Å². The average molecular weight is 452 g/mol. The van der Waals surface area contributed by atoms with E-state index in [0.29, 0.717) is 12.0 Å². The number of primary amides is 1. The van der Waals surface area contributed by atoms with Crippen LogP contribution in [-0.4, -0.2) is 17.9 Å². The van der Waals surface area contributed by atoms with E-state index in [9.17, 15) is 9.59 Å². The lowest BCUT2D eigenvalue weighted by Crippen LogP contribution is -2.44. The Labute approximate surface area is 157 Å². The van der Waals surface area contributed by atoms with Gasteiger partial charge < -0.3 is 11.1 Å². The number of amides is 2. The molecule has 2 aromatic rings. The first kappa shape index (κ1) is 18.4. The van der Waals surface area contributed by atoms with E-state index >= 15 is 0 Å². The second kappa shape index (κ2) is 8.80. The van der Waals surface area contributed by atoms with E-state index in [0.717, 1.165) is 14.5 Å². The van der Waals surface area contributed by atoms with Crippen LogP contribution in [0, 0.1) is 0 Å². The Hall–Kier alpha value is -1.92. The van der Waals surface area contributed by atoms with Gasteiger partial charge in [-0.25, -0.2) is 0 Å². The van der Waals surface area contributed by atoms with Crippen LogP contribution in [-0.2, 0) is 4.79 Å². The smallest absolute Gasteiger partial charge is 0.252 e. The summed E-state index contributed by atoms with van der Waals surface area (Å²) >= 11 is 6.66. The van der Waals surface area contributed by atoms with Crippen molar-refractivity contribution in [2.45, 2.75) is 12.5 Å². The number of rotatable bonds is 6. The standard InChI is InChI=1S/C18H16Br2N2O2/c19-14-9-13(10-15(20)11-14)18(24)22-16(17(21)23)8-4-7-12-5-2-1-3-6-12/h1-7,9-11,16H,8H2,(H2,21,23)(H,22,24)/b7-4+/t16-/m1/s1. The Balaban J connectivity index is 2.04. The van der Waals surface area contributed by atoms with Gasteiger partial charge in [0, 0.05) is 14.5 Å². The lowest BCUT2D eigenvalue weighted by atomic mass is 10.1. The topological polar surface area (TPSA) is 72.2 Å². The highest BCUT2D eigenvalue weighted by atomic mass is 79.9. The van der Waals surface area contributed by atoms with Crippen LogP contribution in [0.25, 0.3) is 6.08 Å². The largest absolute Gasteiger partial charge is 0.368 e. The first-order valence-corrected chi connectivity index (χ1v) is 8.82. The molecule has 24 heavy (non-hydrogen) atoms. The van der Waals surface area contributed by atoms with Gasteiger partial charge in [-0.05, 0) is 30.2 Å². The maximum atomic E-state index is 12.3. The molecule has 0 aliphatic rings. The van der Waals surface area contributed by atoms with Crippen molar-refractivity contribution in [3.05, 3.63) is 74.7 Å². The van der Waals surface area contributed by atoms with Gasteiger partial charge in [0.2, 0.25) is 5.91 Å². The fourth-order valence-electron chi connectivity index (χ4n) is 2.08. The predicted octanol–water partition coefficient (Wildman–Crippen LogP) is 3.90. The molecule has 0 radical (unpaired) electrons. The van der Waals surface area contributed by atoms with Gasteiger partial charge in [0.25, 0.3) is 5.91 Å². The summed E-state index contributed by atoms with van der Waals surface area (Å²) in [5.74, 6) is -0.927. The number of benzene rings is 2. The van der Waals surface area contributed by atoms with Gasteiger partial charge in [-0.2, -0.15) is 0 Å². The van der Waals surface area contributed by atoms with Crippen LogP contribution in [0.4, 0.5) is 0 Å². The number of halogens is 2. The molecular formula is C18H16Br2N2O2. The Morgan fingerprint density at radius 3 is 2.29 bits per heavy atom. The lowest BCUT2D eigenvalue weighted by Gasteiger charge is -2.14. The molecule has 0 aliphatic carbocycles. The summed E-state index contributed by atoms with van der Waals surface area (Å²) in [5.41, 5.74) is 6.85. The van der Waals surface area contributed by atoms with Crippen LogP contribution in [0.15, 0.2) is 63.6 Å². The second-order valence-electron chi connectivity index (χ2n) is 5.14. The summed E-state index contributed by atoms with van der Waals surface area (Å²) in [7, 11) is 0. The predicted molar refractivity (Wildman–Crippen MR) is 102 cm³/mol. The molecule has 1 atom stereocenters. The summed E-state index contributed by atoms with van der Waals surface area (Å²) in [5, 5.41) is 2.67. The average Bonchev–Trinajstić information content (AvgIpc) is 2.53. The van der Waals surface area contributed by atoms with E-state index in [-0.39, 0.29) is 5.91 Å².